The van der Waals surface area contributed by atoms with Crippen LogP contribution in [0.15, 0.2) is 36.7 Å². The average molecular weight is 210 g/mol. The van der Waals surface area contributed by atoms with Gasteiger partial charge in [-0.3, -0.25) is 9.78 Å². The number of benzene rings is 1. The smallest absolute Gasteiger partial charge is 0.229 e. The molecule has 0 bridgehead atoms. The summed E-state index contributed by atoms with van der Waals surface area (Å²) in [6.07, 6.45) is 3.55. The van der Waals surface area contributed by atoms with E-state index in [0.29, 0.717) is 0 Å². The van der Waals surface area contributed by atoms with Gasteiger partial charge in [-0.25, -0.2) is 0 Å². The van der Waals surface area contributed by atoms with Crippen molar-refractivity contribution in [3.05, 3.63) is 42.2 Å². The van der Waals surface area contributed by atoms with Gasteiger partial charge in [-0.1, -0.05) is 36.1 Å². The van der Waals surface area contributed by atoms with Crippen LogP contribution in [0, 0.1) is 11.8 Å². The molecule has 1 heterocycles. The number of nitrogens with two attached hydrogens (primary N) is 1. The third-order valence-electron chi connectivity index (χ3n) is 2.15. The molecule has 3 nitrogen and oxygen atoms in total. The second-order valence-electron chi connectivity index (χ2n) is 3.35. The molecule has 1 amide bonds. The lowest BCUT2D eigenvalue weighted by molar-refractivity contribution is -0.117. The molecule has 0 unspecified atom stereocenters. The standard InChI is InChI=1S/C13H10N2O/c14-13(16)7-3-5-11-9-15-8-10-4-1-2-6-12(10)11/h1-2,4,6,8-9H,7H2,(H2,14,16). The number of fused-ring (bicyclic) bond motifs is 1. The van der Waals surface area contributed by atoms with Crippen molar-refractivity contribution in [1.82, 2.24) is 4.98 Å². The Kier molecular flexibility index (Phi) is 2.84. The molecule has 16 heavy (non-hydrogen) atoms. The maximum absolute atomic E-state index is 10.6. The van der Waals surface area contributed by atoms with Crippen LogP contribution in [0.1, 0.15) is 12.0 Å². The Morgan fingerprint density at radius 2 is 2.12 bits per heavy atom. The van der Waals surface area contributed by atoms with Gasteiger partial charge in [0.1, 0.15) is 0 Å². The number of pyridine rings is 1. The van der Waals surface area contributed by atoms with Crippen LogP contribution in [-0.4, -0.2) is 10.9 Å². The average Bonchev–Trinajstić information content (AvgIpc) is 2.29. The van der Waals surface area contributed by atoms with Gasteiger partial charge in [-0.15, -0.1) is 0 Å². The molecule has 0 atom stereocenters. The van der Waals surface area contributed by atoms with Crippen LogP contribution in [0.3, 0.4) is 0 Å². The first kappa shape index (κ1) is 10.2. The van der Waals surface area contributed by atoms with E-state index in [-0.39, 0.29) is 6.42 Å². The first-order valence-corrected chi connectivity index (χ1v) is 4.87. The highest BCUT2D eigenvalue weighted by Crippen LogP contribution is 2.15. The highest BCUT2D eigenvalue weighted by Gasteiger charge is 1.97. The van der Waals surface area contributed by atoms with Crippen molar-refractivity contribution in [2.75, 3.05) is 0 Å². The van der Waals surface area contributed by atoms with Crippen molar-refractivity contribution in [2.24, 2.45) is 5.73 Å². The first-order valence-electron chi connectivity index (χ1n) is 4.87. The van der Waals surface area contributed by atoms with Crippen molar-refractivity contribution in [1.29, 1.82) is 0 Å². The number of amides is 1. The van der Waals surface area contributed by atoms with Gasteiger partial charge in [0, 0.05) is 23.2 Å². The Balaban J connectivity index is 2.43. The Hall–Kier alpha value is -2.34. The van der Waals surface area contributed by atoms with Crippen molar-refractivity contribution in [2.45, 2.75) is 6.42 Å². The summed E-state index contributed by atoms with van der Waals surface area (Å²) in [7, 11) is 0. The van der Waals surface area contributed by atoms with Gasteiger partial charge in [-0.05, 0) is 0 Å². The zero-order valence-corrected chi connectivity index (χ0v) is 8.60. The van der Waals surface area contributed by atoms with E-state index >= 15 is 0 Å². The van der Waals surface area contributed by atoms with E-state index in [0.717, 1.165) is 16.3 Å². The van der Waals surface area contributed by atoms with Crippen molar-refractivity contribution >= 4 is 16.7 Å². The minimum atomic E-state index is -0.416. The molecule has 2 rings (SSSR count). The molecule has 78 valence electrons. The second-order valence-corrected chi connectivity index (χ2v) is 3.35. The third-order valence-corrected chi connectivity index (χ3v) is 2.15. The largest absolute Gasteiger partial charge is 0.369 e. The lowest BCUT2D eigenvalue weighted by Crippen LogP contribution is -2.08. The molecule has 2 N–H and O–H groups in total. The maximum Gasteiger partial charge on any atom is 0.229 e. The van der Waals surface area contributed by atoms with Gasteiger partial charge >= 0.3 is 0 Å². The van der Waals surface area contributed by atoms with Crippen LogP contribution < -0.4 is 5.73 Å². The van der Waals surface area contributed by atoms with E-state index in [1.165, 1.54) is 0 Å². The number of aromatic nitrogens is 1. The van der Waals surface area contributed by atoms with Gasteiger partial charge < -0.3 is 5.73 Å². The normalized spacial score (nSPS) is 9.50. The number of primary amides is 1. The van der Waals surface area contributed by atoms with E-state index in [1.54, 1.807) is 12.4 Å². The zero-order chi connectivity index (χ0) is 11.4. The van der Waals surface area contributed by atoms with E-state index in [4.69, 9.17) is 5.73 Å². The van der Waals surface area contributed by atoms with Crippen LogP contribution >= 0.6 is 0 Å². The number of hydrogen-bond donors (Lipinski definition) is 1. The summed E-state index contributed by atoms with van der Waals surface area (Å²) in [6, 6.07) is 7.85. The molecule has 1 aromatic carbocycles. The third kappa shape index (κ3) is 2.18. The fourth-order valence-electron chi connectivity index (χ4n) is 1.44. The summed E-state index contributed by atoms with van der Waals surface area (Å²) in [5.74, 6) is 5.22. The molecular weight excluding hydrogens is 200 g/mol. The summed E-state index contributed by atoms with van der Waals surface area (Å²) in [5, 5.41) is 2.07. The predicted molar refractivity (Wildman–Crippen MR) is 62.4 cm³/mol. The molecule has 3 heteroatoms. The Labute approximate surface area is 93.3 Å². The fraction of sp³-hybridized carbons (Fsp3) is 0.0769. The van der Waals surface area contributed by atoms with Gasteiger partial charge in [0.2, 0.25) is 5.91 Å². The summed E-state index contributed by atoms with van der Waals surface area (Å²) >= 11 is 0. The van der Waals surface area contributed by atoms with Gasteiger partial charge in [0.25, 0.3) is 0 Å². The van der Waals surface area contributed by atoms with Gasteiger partial charge in [0.15, 0.2) is 0 Å². The molecule has 0 fully saturated rings. The zero-order valence-electron chi connectivity index (χ0n) is 8.60. The molecule has 0 spiro atoms. The monoisotopic (exact) mass is 210 g/mol. The highest BCUT2D eigenvalue weighted by atomic mass is 16.1. The predicted octanol–water partition coefficient (Wildman–Crippen LogP) is 1.46. The summed E-state index contributed by atoms with van der Waals surface area (Å²) in [4.78, 5) is 14.6. The van der Waals surface area contributed by atoms with Crippen molar-refractivity contribution in [3.8, 4) is 11.8 Å². The minimum Gasteiger partial charge on any atom is -0.369 e. The highest BCUT2D eigenvalue weighted by molar-refractivity contribution is 5.87. The molecule has 0 aliphatic carbocycles. The van der Waals surface area contributed by atoms with Crippen LogP contribution in [-0.2, 0) is 4.79 Å². The Bertz CT molecular complexity index is 588. The minimum absolute atomic E-state index is 0.0726. The lowest BCUT2D eigenvalue weighted by atomic mass is 10.1. The van der Waals surface area contributed by atoms with Crippen LogP contribution in [0.5, 0.6) is 0 Å². The van der Waals surface area contributed by atoms with Crippen molar-refractivity contribution in [3.63, 3.8) is 0 Å². The Morgan fingerprint density at radius 3 is 2.94 bits per heavy atom. The number of hydrogen-bond acceptors (Lipinski definition) is 2. The molecule has 2 aromatic rings. The Morgan fingerprint density at radius 1 is 1.31 bits per heavy atom. The quantitative estimate of drug-likeness (QED) is 0.724. The molecule has 0 aliphatic rings. The number of carbonyl (C=O) groups is 1. The molecule has 0 radical (unpaired) electrons. The van der Waals surface area contributed by atoms with Gasteiger partial charge in [0.05, 0.1) is 12.0 Å². The van der Waals surface area contributed by atoms with E-state index in [2.05, 4.69) is 16.8 Å². The maximum atomic E-state index is 10.6. The molecule has 0 saturated carbocycles. The summed E-state index contributed by atoms with van der Waals surface area (Å²) in [5.41, 5.74) is 5.83. The SMILES string of the molecule is NC(=O)CC#Cc1cncc2ccccc12. The summed E-state index contributed by atoms with van der Waals surface area (Å²) < 4.78 is 0. The molecule has 0 aliphatic heterocycles. The van der Waals surface area contributed by atoms with Crippen LogP contribution in [0.25, 0.3) is 10.8 Å². The number of carbonyl (C=O) groups excluding carboxylic acids is 1. The molecular formula is C13H10N2O. The van der Waals surface area contributed by atoms with Gasteiger partial charge in [-0.2, -0.15) is 0 Å². The molecule has 0 saturated heterocycles. The fourth-order valence-corrected chi connectivity index (χ4v) is 1.44. The topological polar surface area (TPSA) is 56.0 Å². The van der Waals surface area contributed by atoms with E-state index < -0.39 is 5.91 Å². The van der Waals surface area contributed by atoms with Crippen LogP contribution in [0.4, 0.5) is 0 Å². The van der Waals surface area contributed by atoms with E-state index in [1.807, 2.05) is 24.3 Å². The van der Waals surface area contributed by atoms with E-state index in [9.17, 15) is 4.79 Å². The summed E-state index contributed by atoms with van der Waals surface area (Å²) in [6.45, 7) is 0. The number of rotatable bonds is 1. The first-order chi connectivity index (χ1) is 7.77. The molecule has 1 aromatic heterocycles. The second kappa shape index (κ2) is 4.45. The van der Waals surface area contributed by atoms with Crippen molar-refractivity contribution < 1.29 is 4.79 Å². The number of nitrogens with zero attached hydrogens (tertiary/aromatic N) is 1. The lowest BCUT2D eigenvalue weighted by Gasteiger charge is -1.98. The van der Waals surface area contributed by atoms with Crippen LogP contribution in [0.2, 0.25) is 0 Å².